The maximum absolute atomic E-state index is 13.9. The van der Waals surface area contributed by atoms with Gasteiger partial charge in [0.1, 0.15) is 35.7 Å². The van der Waals surface area contributed by atoms with Crippen molar-refractivity contribution in [3.05, 3.63) is 35.4 Å². The van der Waals surface area contributed by atoms with Crippen molar-refractivity contribution in [1.29, 1.82) is 0 Å². The molecule has 0 saturated carbocycles. The molecule has 2 aromatic rings. The molecular weight excluding hydrogens is 384 g/mol. The Morgan fingerprint density at radius 3 is 2.93 bits per heavy atom. The van der Waals surface area contributed by atoms with E-state index in [4.69, 9.17) is 4.74 Å². The molecule has 8 nitrogen and oxygen atoms in total. The molecule has 1 aromatic carbocycles. The number of hydrogen-bond acceptors (Lipinski definition) is 5. The van der Waals surface area contributed by atoms with Crippen LogP contribution in [0.25, 0.3) is 0 Å². The van der Waals surface area contributed by atoms with Gasteiger partial charge in [-0.3, -0.25) is 9.59 Å². The number of rotatable bonds is 3. The van der Waals surface area contributed by atoms with Crippen LogP contribution in [0.5, 0.6) is 5.75 Å². The van der Waals surface area contributed by atoms with Crippen molar-refractivity contribution in [3.63, 3.8) is 0 Å². The number of ether oxygens (including phenoxy) is 1. The lowest BCUT2D eigenvalue weighted by molar-refractivity contribution is -0.118. The van der Waals surface area contributed by atoms with Gasteiger partial charge in [0.05, 0.1) is 6.04 Å². The fourth-order valence-electron chi connectivity index (χ4n) is 3.67. The summed E-state index contributed by atoms with van der Waals surface area (Å²) in [6.07, 6.45) is 2.67. The summed E-state index contributed by atoms with van der Waals surface area (Å²) in [5.74, 6) is -2.16. The van der Waals surface area contributed by atoms with Crippen LogP contribution in [-0.4, -0.2) is 39.2 Å². The van der Waals surface area contributed by atoms with Crippen LogP contribution in [0.3, 0.4) is 0 Å². The van der Waals surface area contributed by atoms with E-state index in [2.05, 4.69) is 34.6 Å². The van der Waals surface area contributed by atoms with Gasteiger partial charge in [0, 0.05) is 18.6 Å². The number of carbonyl (C=O) groups is 2. The number of aryl methyl sites for hydroxylation is 1. The maximum Gasteiger partial charge on any atom is 0.291 e. The maximum atomic E-state index is 13.9. The zero-order valence-corrected chi connectivity index (χ0v) is 16.0. The van der Waals surface area contributed by atoms with Crippen molar-refractivity contribution in [3.8, 4) is 5.75 Å². The molecule has 2 atom stereocenters. The van der Waals surface area contributed by atoms with Crippen LogP contribution in [0, 0.1) is 17.6 Å². The first-order valence-corrected chi connectivity index (χ1v) is 9.52. The molecular formula is C19H21F2N5O3. The Hall–Kier alpha value is -3.04. The number of benzene rings is 1. The highest BCUT2D eigenvalue weighted by Gasteiger charge is 2.31. The van der Waals surface area contributed by atoms with Gasteiger partial charge in [0.15, 0.2) is 5.82 Å². The summed E-state index contributed by atoms with van der Waals surface area (Å²) >= 11 is 0. The van der Waals surface area contributed by atoms with Crippen molar-refractivity contribution >= 4 is 17.5 Å². The zero-order chi connectivity index (χ0) is 20.7. The van der Waals surface area contributed by atoms with Crippen LogP contribution < -0.4 is 15.4 Å². The number of carbonyl (C=O) groups excluding carboxylic acids is 2. The molecule has 10 heteroatoms. The molecule has 0 radical (unpaired) electrons. The molecule has 2 aliphatic rings. The van der Waals surface area contributed by atoms with Gasteiger partial charge in [0.2, 0.25) is 5.82 Å². The first-order valence-electron chi connectivity index (χ1n) is 9.52. The fraction of sp³-hybridized carbons (Fsp3) is 0.474. The average molecular weight is 405 g/mol. The Kier molecular flexibility index (Phi) is 4.93. The van der Waals surface area contributed by atoms with E-state index < -0.39 is 29.5 Å². The van der Waals surface area contributed by atoms with E-state index in [0.717, 1.165) is 31.2 Å². The summed E-state index contributed by atoms with van der Waals surface area (Å²) in [7, 11) is 0. The Morgan fingerprint density at radius 2 is 2.17 bits per heavy atom. The second kappa shape index (κ2) is 7.41. The van der Waals surface area contributed by atoms with Crippen LogP contribution in [0.2, 0.25) is 0 Å². The van der Waals surface area contributed by atoms with Gasteiger partial charge in [-0.25, -0.2) is 18.4 Å². The Labute approximate surface area is 165 Å². The van der Waals surface area contributed by atoms with Crippen LogP contribution >= 0.6 is 0 Å². The van der Waals surface area contributed by atoms with E-state index in [1.807, 2.05) is 0 Å². The Balaban J connectivity index is 1.51. The van der Waals surface area contributed by atoms with Crippen molar-refractivity contribution < 1.29 is 23.1 Å². The topological polar surface area (TPSA) is 98.1 Å². The highest BCUT2D eigenvalue weighted by molar-refractivity contribution is 6.01. The van der Waals surface area contributed by atoms with E-state index in [1.165, 1.54) is 0 Å². The smallest absolute Gasteiger partial charge is 0.291 e. The SMILES string of the molecule is CC(C)C1CCCc2nc(C(=O)N[C@H]3COc4cc(F)cc(F)c4NC3=O)nn21. The molecule has 0 saturated heterocycles. The number of hydrogen-bond donors (Lipinski definition) is 2. The van der Waals surface area contributed by atoms with Gasteiger partial charge in [-0.2, -0.15) is 0 Å². The summed E-state index contributed by atoms with van der Waals surface area (Å²) in [6.45, 7) is 3.90. The lowest BCUT2D eigenvalue weighted by Gasteiger charge is -2.26. The van der Waals surface area contributed by atoms with E-state index in [0.29, 0.717) is 12.0 Å². The van der Waals surface area contributed by atoms with Crippen LogP contribution in [0.4, 0.5) is 14.5 Å². The largest absolute Gasteiger partial charge is 0.488 e. The minimum Gasteiger partial charge on any atom is -0.488 e. The second-order valence-corrected chi connectivity index (χ2v) is 7.59. The van der Waals surface area contributed by atoms with Crippen molar-refractivity contribution in [2.45, 2.75) is 45.2 Å². The van der Waals surface area contributed by atoms with Gasteiger partial charge in [-0.15, -0.1) is 5.10 Å². The first kappa shape index (κ1) is 19.3. The molecule has 2 aliphatic heterocycles. The van der Waals surface area contributed by atoms with Gasteiger partial charge in [0.25, 0.3) is 11.8 Å². The lowest BCUT2D eigenvalue weighted by atomic mass is 9.95. The third-order valence-electron chi connectivity index (χ3n) is 5.18. The molecule has 2 amide bonds. The number of amides is 2. The summed E-state index contributed by atoms with van der Waals surface area (Å²) in [5, 5.41) is 9.19. The van der Waals surface area contributed by atoms with Gasteiger partial charge in [-0.05, 0) is 18.8 Å². The van der Waals surface area contributed by atoms with E-state index in [1.54, 1.807) is 4.68 Å². The molecule has 4 rings (SSSR count). The number of nitrogens with zero attached hydrogens (tertiary/aromatic N) is 3. The first-order chi connectivity index (χ1) is 13.8. The summed E-state index contributed by atoms with van der Waals surface area (Å²) in [6, 6.07) is 0.676. The monoisotopic (exact) mass is 405 g/mol. The quantitative estimate of drug-likeness (QED) is 0.816. The van der Waals surface area contributed by atoms with E-state index in [-0.39, 0.29) is 29.9 Å². The molecule has 1 unspecified atom stereocenters. The standard InChI is InChI=1S/C19H21F2N5O3/c1-9(2)13-4-3-5-15-23-17(25-26(13)15)19(28)22-12-8-29-14-7-10(20)6-11(21)16(14)24-18(12)27/h6-7,9,12-13H,3-5,8H2,1-2H3,(H,22,28)(H,24,27)/t12-,13?/m0/s1. The lowest BCUT2D eigenvalue weighted by Crippen LogP contribution is -2.46. The normalized spacial score (nSPS) is 20.9. The van der Waals surface area contributed by atoms with Gasteiger partial charge < -0.3 is 15.4 Å². The molecule has 154 valence electrons. The zero-order valence-electron chi connectivity index (χ0n) is 16.0. The van der Waals surface area contributed by atoms with E-state index >= 15 is 0 Å². The van der Waals surface area contributed by atoms with E-state index in [9.17, 15) is 18.4 Å². The number of aromatic nitrogens is 3. The average Bonchev–Trinajstić information content (AvgIpc) is 3.04. The van der Waals surface area contributed by atoms with Crippen LogP contribution in [-0.2, 0) is 11.2 Å². The highest BCUT2D eigenvalue weighted by Crippen LogP contribution is 2.31. The third kappa shape index (κ3) is 3.66. The minimum atomic E-state index is -1.11. The number of halogens is 2. The van der Waals surface area contributed by atoms with Gasteiger partial charge in [-0.1, -0.05) is 13.8 Å². The Bertz CT molecular complexity index is 975. The van der Waals surface area contributed by atoms with Crippen molar-refractivity contribution in [2.24, 2.45) is 5.92 Å². The van der Waals surface area contributed by atoms with Crippen molar-refractivity contribution in [2.75, 3.05) is 11.9 Å². The van der Waals surface area contributed by atoms with Crippen molar-refractivity contribution in [1.82, 2.24) is 20.1 Å². The summed E-state index contributed by atoms with van der Waals surface area (Å²) in [4.78, 5) is 29.4. The molecule has 29 heavy (non-hydrogen) atoms. The number of nitrogens with one attached hydrogen (secondary N) is 2. The molecule has 3 heterocycles. The summed E-state index contributed by atoms with van der Waals surface area (Å²) in [5.41, 5.74) is -0.261. The molecule has 0 spiro atoms. The fourth-order valence-corrected chi connectivity index (χ4v) is 3.67. The highest BCUT2D eigenvalue weighted by atomic mass is 19.1. The van der Waals surface area contributed by atoms with Crippen LogP contribution in [0.1, 0.15) is 49.2 Å². The number of anilines is 1. The third-order valence-corrected chi connectivity index (χ3v) is 5.18. The second-order valence-electron chi connectivity index (χ2n) is 7.59. The minimum absolute atomic E-state index is 0.0284. The molecule has 2 N–H and O–H groups in total. The van der Waals surface area contributed by atoms with Gasteiger partial charge >= 0.3 is 0 Å². The Morgan fingerprint density at radius 1 is 1.38 bits per heavy atom. The molecule has 1 aromatic heterocycles. The van der Waals surface area contributed by atoms with Crippen LogP contribution in [0.15, 0.2) is 12.1 Å². The molecule has 0 aliphatic carbocycles. The summed E-state index contributed by atoms with van der Waals surface area (Å²) < 4.78 is 34.4. The molecule has 0 bridgehead atoms. The predicted octanol–water partition coefficient (Wildman–Crippen LogP) is 2.22. The number of fused-ring (bicyclic) bond motifs is 2. The molecule has 0 fully saturated rings. The predicted molar refractivity (Wildman–Crippen MR) is 98.6 cm³/mol.